The standard InChI is InChI=1S/C15H11Br2NO2/c1-19-14-6-5-10(8-18)7-11(14)9-20-15-12(16)3-2-4-13(15)17/h2-7H,9H2,1H3. The highest BCUT2D eigenvalue weighted by molar-refractivity contribution is 9.11. The molecule has 0 unspecified atom stereocenters. The number of hydrogen-bond acceptors (Lipinski definition) is 3. The van der Waals surface area contributed by atoms with Crippen LogP contribution in [0.15, 0.2) is 45.3 Å². The van der Waals surface area contributed by atoms with E-state index in [9.17, 15) is 0 Å². The van der Waals surface area contributed by atoms with E-state index in [-0.39, 0.29) is 0 Å². The second-order valence-electron chi connectivity index (χ2n) is 3.98. The molecule has 2 aromatic carbocycles. The summed E-state index contributed by atoms with van der Waals surface area (Å²) >= 11 is 6.89. The second kappa shape index (κ2) is 6.78. The molecule has 0 aromatic heterocycles. The molecule has 0 N–H and O–H groups in total. The molecule has 0 radical (unpaired) electrons. The Labute approximate surface area is 134 Å². The van der Waals surface area contributed by atoms with Gasteiger partial charge in [0.25, 0.3) is 0 Å². The summed E-state index contributed by atoms with van der Waals surface area (Å²) in [4.78, 5) is 0. The quantitative estimate of drug-likeness (QED) is 0.753. The molecular weight excluding hydrogens is 386 g/mol. The van der Waals surface area contributed by atoms with Gasteiger partial charge in [0.15, 0.2) is 0 Å². The molecule has 102 valence electrons. The molecule has 2 aromatic rings. The predicted octanol–water partition coefficient (Wildman–Crippen LogP) is 4.67. The minimum absolute atomic E-state index is 0.319. The Morgan fingerprint density at radius 2 is 1.85 bits per heavy atom. The van der Waals surface area contributed by atoms with Gasteiger partial charge < -0.3 is 9.47 Å². The van der Waals surface area contributed by atoms with Crippen molar-refractivity contribution in [2.24, 2.45) is 0 Å². The van der Waals surface area contributed by atoms with Crippen LogP contribution in [0.4, 0.5) is 0 Å². The summed E-state index contributed by atoms with van der Waals surface area (Å²) in [6.07, 6.45) is 0. The van der Waals surface area contributed by atoms with Gasteiger partial charge >= 0.3 is 0 Å². The van der Waals surface area contributed by atoms with Crippen molar-refractivity contribution in [1.82, 2.24) is 0 Å². The third-order valence-electron chi connectivity index (χ3n) is 2.70. The Kier molecular flexibility index (Phi) is 5.05. The van der Waals surface area contributed by atoms with Gasteiger partial charge in [-0.15, -0.1) is 0 Å². The summed E-state index contributed by atoms with van der Waals surface area (Å²) in [5.74, 6) is 1.42. The van der Waals surface area contributed by atoms with Gasteiger partial charge in [0, 0.05) is 5.56 Å². The predicted molar refractivity (Wildman–Crippen MR) is 83.9 cm³/mol. The number of nitriles is 1. The van der Waals surface area contributed by atoms with E-state index in [0.29, 0.717) is 17.9 Å². The molecule has 0 amide bonds. The molecule has 0 aliphatic rings. The monoisotopic (exact) mass is 395 g/mol. The van der Waals surface area contributed by atoms with E-state index in [1.165, 1.54) is 0 Å². The van der Waals surface area contributed by atoms with Crippen molar-refractivity contribution in [2.45, 2.75) is 6.61 Å². The summed E-state index contributed by atoms with van der Waals surface area (Å²) in [6, 6.07) is 13.1. The van der Waals surface area contributed by atoms with Crippen molar-refractivity contribution in [3.63, 3.8) is 0 Å². The first kappa shape index (κ1) is 14.9. The Bertz CT molecular complexity index is 645. The Balaban J connectivity index is 2.25. The molecule has 0 heterocycles. The van der Waals surface area contributed by atoms with Crippen molar-refractivity contribution in [2.75, 3.05) is 7.11 Å². The van der Waals surface area contributed by atoms with Crippen molar-refractivity contribution in [3.8, 4) is 17.6 Å². The van der Waals surface area contributed by atoms with Crippen LogP contribution in [0.5, 0.6) is 11.5 Å². The molecule has 0 bridgehead atoms. The fraction of sp³-hybridized carbons (Fsp3) is 0.133. The number of hydrogen-bond donors (Lipinski definition) is 0. The highest BCUT2D eigenvalue weighted by Gasteiger charge is 2.09. The molecule has 0 fully saturated rings. The average molecular weight is 397 g/mol. The largest absolute Gasteiger partial charge is 0.496 e. The maximum absolute atomic E-state index is 8.95. The van der Waals surface area contributed by atoms with Crippen LogP contribution in [0.1, 0.15) is 11.1 Å². The Morgan fingerprint density at radius 1 is 1.15 bits per heavy atom. The first-order valence-corrected chi connectivity index (χ1v) is 7.38. The molecule has 3 nitrogen and oxygen atoms in total. The number of ether oxygens (including phenoxy) is 2. The highest BCUT2D eigenvalue weighted by atomic mass is 79.9. The zero-order valence-electron chi connectivity index (χ0n) is 10.7. The van der Waals surface area contributed by atoms with E-state index in [2.05, 4.69) is 37.9 Å². The number of rotatable bonds is 4. The van der Waals surface area contributed by atoms with Crippen molar-refractivity contribution >= 4 is 31.9 Å². The number of nitrogens with zero attached hydrogens (tertiary/aromatic N) is 1. The zero-order valence-corrected chi connectivity index (χ0v) is 13.9. The van der Waals surface area contributed by atoms with Crippen LogP contribution >= 0.6 is 31.9 Å². The fourth-order valence-corrected chi connectivity index (χ4v) is 2.96. The van der Waals surface area contributed by atoms with E-state index in [1.54, 1.807) is 25.3 Å². The van der Waals surface area contributed by atoms with Crippen LogP contribution in [0.3, 0.4) is 0 Å². The van der Waals surface area contributed by atoms with Crippen LogP contribution in [-0.4, -0.2) is 7.11 Å². The Hall–Kier alpha value is -1.51. The first-order valence-electron chi connectivity index (χ1n) is 5.79. The molecule has 5 heteroatoms. The lowest BCUT2D eigenvalue weighted by atomic mass is 10.1. The van der Waals surface area contributed by atoms with Gasteiger partial charge in [-0.2, -0.15) is 5.26 Å². The zero-order chi connectivity index (χ0) is 14.5. The molecule has 0 aliphatic carbocycles. The molecular formula is C15H11Br2NO2. The molecule has 0 spiro atoms. The van der Waals surface area contributed by atoms with Crippen LogP contribution in [0.2, 0.25) is 0 Å². The smallest absolute Gasteiger partial charge is 0.148 e. The lowest BCUT2D eigenvalue weighted by Crippen LogP contribution is -2.00. The van der Waals surface area contributed by atoms with Gasteiger partial charge in [0.1, 0.15) is 18.1 Å². The van der Waals surface area contributed by atoms with E-state index >= 15 is 0 Å². The van der Waals surface area contributed by atoms with Crippen LogP contribution in [0, 0.1) is 11.3 Å². The second-order valence-corrected chi connectivity index (χ2v) is 5.69. The van der Waals surface area contributed by atoms with Crippen molar-refractivity contribution < 1.29 is 9.47 Å². The van der Waals surface area contributed by atoms with E-state index < -0.39 is 0 Å². The summed E-state index contributed by atoms with van der Waals surface area (Å²) in [5.41, 5.74) is 1.41. The van der Waals surface area contributed by atoms with Gasteiger partial charge in [-0.05, 0) is 62.2 Å². The van der Waals surface area contributed by atoms with Gasteiger partial charge in [-0.3, -0.25) is 0 Å². The van der Waals surface area contributed by atoms with E-state index in [1.807, 2.05) is 18.2 Å². The summed E-state index contributed by atoms with van der Waals surface area (Å²) < 4.78 is 12.8. The molecule has 0 aliphatic heterocycles. The number of benzene rings is 2. The fourth-order valence-electron chi connectivity index (χ4n) is 1.73. The normalized spacial score (nSPS) is 9.90. The lowest BCUT2D eigenvalue weighted by Gasteiger charge is -2.12. The average Bonchev–Trinajstić information content (AvgIpc) is 2.46. The van der Waals surface area contributed by atoms with E-state index in [0.717, 1.165) is 20.3 Å². The number of halogens is 2. The molecule has 0 saturated heterocycles. The maximum atomic E-state index is 8.95. The number of para-hydroxylation sites is 1. The van der Waals surface area contributed by atoms with Crippen molar-refractivity contribution in [1.29, 1.82) is 5.26 Å². The van der Waals surface area contributed by atoms with Gasteiger partial charge in [-0.1, -0.05) is 6.07 Å². The topological polar surface area (TPSA) is 42.2 Å². The van der Waals surface area contributed by atoms with Crippen LogP contribution < -0.4 is 9.47 Å². The third kappa shape index (κ3) is 3.33. The molecule has 0 saturated carbocycles. The molecule has 0 atom stereocenters. The van der Waals surface area contributed by atoms with Gasteiger partial charge in [0.2, 0.25) is 0 Å². The maximum Gasteiger partial charge on any atom is 0.148 e. The summed E-state index contributed by atoms with van der Waals surface area (Å²) in [7, 11) is 1.60. The number of methoxy groups -OCH3 is 1. The summed E-state index contributed by atoms with van der Waals surface area (Å²) in [6.45, 7) is 0.319. The van der Waals surface area contributed by atoms with Gasteiger partial charge in [-0.25, -0.2) is 0 Å². The molecule has 20 heavy (non-hydrogen) atoms. The van der Waals surface area contributed by atoms with Gasteiger partial charge in [0.05, 0.1) is 27.7 Å². The molecule has 2 rings (SSSR count). The SMILES string of the molecule is COc1ccc(C#N)cc1COc1c(Br)cccc1Br. The Morgan fingerprint density at radius 3 is 2.45 bits per heavy atom. The summed E-state index contributed by atoms with van der Waals surface area (Å²) in [5, 5.41) is 8.95. The third-order valence-corrected chi connectivity index (χ3v) is 3.95. The van der Waals surface area contributed by atoms with Crippen molar-refractivity contribution in [3.05, 3.63) is 56.5 Å². The van der Waals surface area contributed by atoms with Crippen LogP contribution in [-0.2, 0) is 6.61 Å². The minimum Gasteiger partial charge on any atom is -0.496 e. The van der Waals surface area contributed by atoms with Crippen LogP contribution in [0.25, 0.3) is 0 Å². The minimum atomic E-state index is 0.319. The first-order chi connectivity index (χ1) is 9.65. The lowest BCUT2D eigenvalue weighted by molar-refractivity contribution is 0.293. The van der Waals surface area contributed by atoms with E-state index in [4.69, 9.17) is 14.7 Å². The highest BCUT2D eigenvalue weighted by Crippen LogP contribution is 2.34.